The predicted molar refractivity (Wildman–Crippen MR) is 89.4 cm³/mol. The lowest BCUT2D eigenvalue weighted by molar-refractivity contribution is -0.186. The fourth-order valence-electron chi connectivity index (χ4n) is 2.99. The van der Waals surface area contributed by atoms with Crippen LogP contribution in [0.5, 0.6) is 0 Å². The molecule has 6 nitrogen and oxygen atoms in total. The minimum absolute atomic E-state index is 0. The van der Waals surface area contributed by atoms with Crippen LogP contribution in [-0.2, 0) is 11.4 Å². The van der Waals surface area contributed by atoms with E-state index in [0.717, 1.165) is 31.2 Å². The van der Waals surface area contributed by atoms with Crippen molar-refractivity contribution in [3.63, 3.8) is 0 Å². The van der Waals surface area contributed by atoms with Crippen molar-refractivity contribution < 1.29 is 4.84 Å². The minimum atomic E-state index is -0.483. The maximum atomic E-state index is 6.03. The number of hydrogen-bond acceptors (Lipinski definition) is 6. The molecule has 0 aromatic heterocycles. The van der Waals surface area contributed by atoms with Gasteiger partial charge in [0, 0.05) is 0 Å². The lowest BCUT2D eigenvalue weighted by atomic mass is 9.89. The van der Waals surface area contributed by atoms with Crippen molar-refractivity contribution in [2.24, 2.45) is 21.5 Å². The van der Waals surface area contributed by atoms with Crippen molar-refractivity contribution in [2.45, 2.75) is 44.4 Å². The Labute approximate surface area is 136 Å². The average Bonchev–Trinajstić information content (AvgIpc) is 2.48. The number of hydrogen-bond donors (Lipinski definition) is 2. The highest BCUT2D eigenvalue weighted by Gasteiger charge is 2.43. The number of guanidine groups is 2. The summed E-state index contributed by atoms with van der Waals surface area (Å²) in [6.07, 6.45) is 5.17. The molecule has 0 atom stereocenters. The highest BCUT2D eigenvalue weighted by molar-refractivity contribution is 5.95. The third-order valence-corrected chi connectivity index (χ3v) is 4.00. The maximum Gasteiger partial charge on any atom is 0.226 e. The summed E-state index contributed by atoms with van der Waals surface area (Å²) in [6.45, 7) is 0.439. The quantitative estimate of drug-likeness (QED) is 0.892. The first-order valence-corrected chi connectivity index (χ1v) is 7.36. The van der Waals surface area contributed by atoms with Crippen LogP contribution < -0.4 is 11.5 Å². The van der Waals surface area contributed by atoms with Crippen LogP contribution in [0.25, 0.3) is 0 Å². The molecule has 0 amide bonds. The van der Waals surface area contributed by atoms with E-state index in [0.29, 0.717) is 12.6 Å². The van der Waals surface area contributed by atoms with E-state index in [2.05, 4.69) is 9.98 Å². The Morgan fingerprint density at radius 3 is 2.45 bits per heavy atom. The summed E-state index contributed by atoms with van der Waals surface area (Å²) in [5.41, 5.74) is 12.4. The van der Waals surface area contributed by atoms with E-state index in [1.54, 1.807) is 5.06 Å². The fraction of sp³-hybridized carbons (Fsp3) is 0.467. The van der Waals surface area contributed by atoms with E-state index in [9.17, 15) is 0 Å². The first kappa shape index (κ1) is 16.6. The van der Waals surface area contributed by atoms with E-state index < -0.39 is 5.66 Å². The average molecular weight is 324 g/mol. The highest BCUT2D eigenvalue weighted by atomic mass is 35.5. The van der Waals surface area contributed by atoms with Crippen molar-refractivity contribution in [1.82, 2.24) is 5.06 Å². The fourth-order valence-corrected chi connectivity index (χ4v) is 2.99. The molecule has 3 rings (SSSR count). The van der Waals surface area contributed by atoms with Crippen molar-refractivity contribution in [2.75, 3.05) is 0 Å². The third-order valence-electron chi connectivity index (χ3n) is 4.00. The molecule has 0 unspecified atom stereocenters. The Kier molecular flexibility index (Phi) is 5.26. The molecule has 120 valence electrons. The Morgan fingerprint density at radius 1 is 1.09 bits per heavy atom. The Morgan fingerprint density at radius 2 is 1.77 bits per heavy atom. The number of nitrogens with two attached hydrogens (primary N) is 2. The lowest BCUT2D eigenvalue weighted by Crippen LogP contribution is -2.57. The third kappa shape index (κ3) is 3.34. The molecule has 22 heavy (non-hydrogen) atoms. The van der Waals surface area contributed by atoms with E-state index in [4.69, 9.17) is 16.3 Å². The van der Waals surface area contributed by atoms with Crippen molar-refractivity contribution in [3.05, 3.63) is 35.9 Å². The van der Waals surface area contributed by atoms with Gasteiger partial charge in [-0.15, -0.1) is 12.4 Å². The molecule has 0 radical (unpaired) electrons. The van der Waals surface area contributed by atoms with Crippen LogP contribution in [0.1, 0.15) is 37.7 Å². The summed E-state index contributed by atoms with van der Waals surface area (Å²) in [5, 5.41) is 1.66. The van der Waals surface area contributed by atoms with Crippen LogP contribution >= 0.6 is 12.4 Å². The zero-order chi connectivity index (χ0) is 14.7. The molecule has 2 aliphatic rings. The highest BCUT2D eigenvalue weighted by Crippen LogP contribution is 2.36. The molecular weight excluding hydrogens is 302 g/mol. The normalized spacial score (nSPS) is 20.1. The van der Waals surface area contributed by atoms with Gasteiger partial charge in [0.1, 0.15) is 6.61 Å². The number of benzene rings is 1. The molecule has 1 aromatic rings. The number of aliphatic imine (C=N–C) groups is 2. The second kappa shape index (κ2) is 6.98. The first-order valence-electron chi connectivity index (χ1n) is 7.36. The molecule has 1 aliphatic heterocycles. The van der Waals surface area contributed by atoms with Gasteiger partial charge in [-0.1, -0.05) is 36.8 Å². The van der Waals surface area contributed by atoms with Crippen molar-refractivity contribution >= 4 is 24.3 Å². The summed E-state index contributed by atoms with van der Waals surface area (Å²) in [7, 11) is 0. The second-order valence-corrected chi connectivity index (χ2v) is 5.54. The Balaban J connectivity index is 0.00000176. The Hall–Kier alpha value is -1.79. The number of halogens is 1. The summed E-state index contributed by atoms with van der Waals surface area (Å²) in [6, 6.07) is 9.98. The van der Waals surface area contributed by atoms with Gasteiger partial charge in [0.2, 0.25) is 11.9 Å². The summed E-state index contributed by atoms with van der Waals surface area (Å²) >= 11 is 0. The zero-order valence-electron chi connectivity index (χ0n) is 12.4. The maximum absolute atomic E-state index is 6.03. The smallest absolute Gasteiger partial charge is 0.226 e. The number of nitrogens with zero attached hydrogens (tertiary/aromatic N) is 3. The number of rotatable bonds is 3. The molecule has 7 heteroatoms. The molecule has 1 fully saturated rings. The lowest BCUT2D eigenvalue weighted by Gasteiger charge is -2.44. The van der Waals surface area contributed by atoms with Gasteiger partial charge in [0.25, 0.3) is 0 Å². The van der Waals surface area contributed by atoms with E-state index in [-0.39, 0.29) is 18.4 Å². The first-order chi connectivity index (χ1) is 10.2. The van der Waals surface area contributed by atoms with Crippen LogP contribution in [0.3, 0.4) is 0 Å². The Bertz CT molecular complexity index is 554. The van der Waals surface area contributed by atoms with Gasteiger partial charge in [0.15, 0.2) is 5.66 Å². The minimum Gasteiger partial charge on any atom is -0.368 e. The van der Waals surface area contributed by atoms with Gasteiger partial charge in [-0.3, -0.25) is 4.84 Å². The SMILES string of the molecule is Cl.NC1=NC2(CCCCC2)N(OCc2ccccc2)C(N)=N1. The predicted octanol–water partition coefficient (Wildman–Crippen LogP) is 2.15. The molecule has 1 saturated carbocycles. The largest absolute Gasteiger partial charge is 0.368 e. The molecule has 1 aromatic carbocycles. The van der Waals surface area contributed by atoms with Crippen LogP contribution in [0.4, 0.5) is 0 Å². The van der Waals surface area contributed by atoms with Gasteiger partial charge in [0.05, 0.1) is 0 Å². The number of hydroxylamine groups is 2. The molecule has 4 N–H and O–H groups in total. The summed E-state index contributed by atoms with van der Waals surface area (Å²) in [4.78, 5) is 14.5. The molecule has 1 spiro atoms. The second-order valence-electron chi connectivity index (χ2n) is 5.54. The van der Waals surface area contributed by atoms with Gasteiger partial charge in [-0.05, 0) is 31.2 Å². The van der Waals surface area contributed by atoms with Crippen molar-refractivity contribution in [1.29, 1.82) is 0 Å². The van der Waals surface area contributed by atoms with Gasteiger partial charge in [-0.25, -0.2) is 4.99 Å². The van der Waals surface area contributed by atoms with Crippen LogP contribution in [0.2, 0.25) is 0 Å². The standard InChI is InChI=1S/C15H21N5O.ClH/c16-13-18-14(17)20(15(19-13)9-5-2-6-10-15)21-11-12-7-3-1-4-8-12;/h1,3-4,7-8H,2,5-6,9-11H2,(H4,16,17,18,19);1H. The van der Waals surface area contributed by atoms with E-state index in [1.807, 2.05) is 30.3 Å². The molecule has 1 aliphatic carbocycles. The molecular formula is C15H22ClN5O. The summed E-state index contributed by atoms with van der Waals surface area (Å²) in [5.74, 6) is 0.536. The zero-order valence-corrected chi connectivity index (χ0v) is 13.3. The molecule has 0 saturated heterocycles. The van der Waals surface area contributed by atoms with Crippen LogP contribution in [0, 0.1) is 0 Å². The van der Waals surface area contributed by atoms with E-state index >= 15 is 0 Å². The van der Waals surface area contributed by atoms with Gasteiger partial charge in [-0.2, -0.15) is 10.1 Å². The monoisotopic (exact) mass is 323 g/mol. The summed E-state index contributed by atoms with van der Waals surface area (Å²) < 4.78 is 0. The van der Waals surface area contributed by atoms with Crippen LogP contribution in [-0.4, -0.2) is 22.6 Å². The van der Waals surface area contributed by atoms with Crippen LogP contribution in [0.15, 0.2) is 40.3 Å². The van der Waals surface area contributed by atoms with Crippen molar-refractivity contribution in [3.8, 4) is 0 Å². The topological polar surface area (TPSA) is 89.2 Å². The van der Waals surface area contributed by atoms with Gasteiger partial charge >= 0.3 is 0 Å². The molecule has 1 heterocycles. The van der Waals surface area contributed by atoms with E-state index in [1.165, 1.54) is 6.42 Å². The van der Waals surface area contributed by atoms with Gasteiger partial charge < -0.3 is 11.5 Å². The molecule has 0 bridgehead atoms.